The number of fused-ring (bicyclic) bond motifs is 3. The van der Waals surface area contributed by atoms with E-state index in [1.165, 1.54) is 6.42 Å². The van der Waals surface area contributed by atoms with Crippen molar-refractivity contribution in [3.05, 3.63) is 53.6 Å². The Morgan fingerprint density at radius 2 is 1.78 bits per heavy atom. The van der Waals surface area contributed by atoms with Gasteiger partial charge < -0.3 is 14.9 Å². The summed E-state index contributed by atoms with van der Waals surface area (Å²) in [4.78, 5) is 0. The second kappa shape index (κ2) is 5.19. The fourth-order valence-corrected chi connectivity index (χ4v) is 4.64. The molecule has 0 spiro atoms. The molecular formula is C20H22O3. The summed E-state index contributed by atoms with van der Waals surface area (Å²) in [5.74, 6) is 2.32. The summed E-state index contributed by atoms with van der Waals surface area (Å²) in [6.45, 7) is 2.17. The van der Waals surface area contributed by atoms with Gasteiger partial charge in [0.1, 0.15) is 22.8 Å². The minimum Gasteiger partial charge on any atom is -0.508 e. The second-order valence-electron chi connectivity index (χ2n) is 6.76. The zero-order chi connectivity index (χ0) is 16.0. The molecule has 4 rings (SSSR count). The second-order valence-corrected chi connectivity index (χ2v) is 6.76. The summed E-state index contributed by atoms with van der Waals surface area (Å²) in [5.41, 5.74) is 1.93. The van der Waals surface area contributed by atoms with Crippen LogP contribution in [0.25, 0.3) is 0 Å². The average molecular weight is 310 g/mol. The third-order valence-electron chi connectivity index (χ3n) is 5.68. The van der Waals surface area contributed by atoms with Crippen molar-refractivity contribution in [1.29, 1.82) is 0 Å². The molecule has 1 aliphatic carbocycles. The van der Waals surface area contributed by atoms with Crippen molar-refractivity contribution in [3.8, 4) is 17.2 Å². The number of ether oxygens (including phenoxy) is 1. The molecule has 23 heavy (non-hydrogen) atoms. The lowest BCUT2D eigenvalue weighted by Crippen LogP contribution is -2.44. The van der Waals surface area contributed by atoms with Gasteiger partial charge in [0.2, 0.25) is 0 Å². The lowest BCUT2D eigenvalue weighted by atomic mass is 9.70. The van der Waals surface area contributed by atoms with Crippen LogP contribution in [0, 0.1) is 5.92 Å². The van der Waals surface area contributed by atoms with Crippen molar-refractivity contribution in [2.24, 2.45) is 5.92 Å². The van der Waals surface area contributed by atoms with E-state index in [1.54, 1.807) is 18.2 Å². The number of benzene rings is 2. The number of phenols is 2. The van der Waals surface area contributed by atoms with E-state index in [4.69, 9.17) is 4.74 Å². The van der Waals surface area contributed by atoms with Crippen molar-refractivity contribution in [3.63, 3.8) is 0 Å². The maximum Gasteiger partial charge on any atom is 0.137 e. The molecule has 1 fully saturated rings. The van der Waals surface area contributed by atoms with Gasteiger partial charge in [0.05, 0.1) is 0 Å². The standard InChI is InChI=1S/C20H22O3/c1-2-20(13-6-8-14(21)9-7-13)18-5-3-4-16(18)17-12-15(22)10-11-19(17)23-20/h6-12,16,18,21-22H,2-5H2,1H3/t16-,18-,20+/m0/s1. The highest BCUT2D eigenvalue weighted by Gasteiger charge is 2.51. The molecule has 1 saturated carbocycles. The predicted molar refractivity (Wildman–Crippen MR) is 88.9 cm³/mol. The first-order valence-electron chi connectivity index (χ1n) is 8.45. The first-order valence-corrected chi connectivity index (χ1v) is 8.45. The predicted octanol–water partition coefficient (Wildman–Crippen LogP) is 4.68. The SMILES string of the molecule is CC[C@]1(c2ccc(O)cc2)Oc2ccc(O)cc2[C@@H]2CCC[C@@H]21. The van der Waals surface area contributed by atoms with Crippen LogP contribution in [-0.2, 0) is 5.60 Å². The molecule has 1 aliphatic heterocycles. The van der Waals surface area contributed by atoms with Gasteiger partial charge in [-0.1, -0.05) is 25.5 Å². The van der Waals surface area contributed by atoms with E-state index < -0.39 is 0 Å². The minimum absolute atomic E-state index is 0.282. The summed E-state index contributed by atoms with van der Waals surface area (Å²) in [7, 11) is 0. The van der Waals surface area contributed by atoms with Crippen molar-refractivity contribution in [2.75, 3.05) is 0 Å². The molecule has 2 aliphatic rings. The summed E-state index contributed by atoms with van der Waals surface area (Å²) < 4.78 is 6.57. The van der Waals surface area contributed by atoms with Crippen LogP contribution >= 0.6 is 0 Å². The van der Waals surface area contributed by atoms with Gasteiger partial charge in [-0.3, -0.25) is 0 Å². The van der Waals surface area contributed by atoms with Gasteiger partial charge >= 0.3 is 0 Å². The third-order valence-corrected chi connectivity index (χ3v) is 5.68. The number of aromatic hydroxyl groups is 2. The highest BCUT2D eigenvalue weighted by molar-refractivity contribution is 5.47. The van der Waals surface area contributed by atoms with Crippen LogP contribution in [-0.4, -0.2) is 10.2 Å². The molecule has 2 aromatic rings. The van der Waals surface area contributed by atoms with Gasteiger partial charge in [0.15, 0.2) is 0 Å². The van der Waals surface area contributed by atoms with Crippen LogP contribution in [0.4, 0.5) is 0 Å². The Morgan fingerprint density at radius 1 is 1.04 bits per heavy atom. The minimum atomic E-state index is -0.348. The number of rotatable bonds is 2. The van der Waals surface area contributed by atoms with Gasteiger partial charge in [0.25, 0.3) is 0 Å². The van der Waals surface area contributed by atoms with Crippen LogP contribution in [0.5, 0.6) is 17.2 Å². The molecule has 3 nitrogen and oxygen atoms in total. The van der Waals surface area contributed by atoms with E-state index in [1.807, 2.05) is 24.3 Å². The normalized spacial score (nSPS) is 28.7. The maximum atomic E-state index is 9.86. The zero-order valence-corrected chi connectivity index (χ0v) is 13.3. The molecule has 2 N–H and O–H groups in total. The maximum absolute atomic E-state index is 9.86. The van der Waals surface area contributed by atoms with Gasteiger partial charge in [-0.25, -0.2) is 0 Å². The van der Waals surface area contributed by atoms with E-state index >= 15 is 0 Å². The third kappa shape index (κ3) is 2.10. The molecule has 0 radical (unpaired) electrons. The van der Waals surface area contributed by atoms with Crippen LogP contribution < -0.4 is 4.74 Å². The fourth-order valence-electron chi connectivity index (χ4n) is 4.64. The van der Waals surface area contributed by atoms with Crippen LogP contribution in [0.15, 0.2) is 42.5 Å². The largest absolute Gasteiger partial charge is 0.508 e. The summed E-state index contributed by atoms with van der Waals surface area (Å²) in [5, 5.41) is 19.5. The van der Waals surface area contributed by atoms with Crippen molar-refractivity contribution in [2.45, 2.75) is 44.1 Å². The van der Waals surface area contributed by atoms with Gasteiger partial charge in [0, 0.05) is 11.5 Å². The fraction of sp³-hybridized carbons (Fsp3) is 0.400. The molecule has 0 amide bonds. The van der Waals surface area contributed by atoms with E-state index in [0.29, 0.717) is 17.6 Å². The topological polar surface area (TPSA) is 49.7 Å². The molecule has 3 atom stereocenters. The lowest BCUT2D eigenvalue weighted by molar-refractivity contribution is -0.0227. The van der Waals surface area contributed by atoms with Crippen molar-refractivity contribution < 1.29 is 14.9 Å². The molecular weight excluding hydrogens is 288 g/mol. The quantitative estimate of drug-likeness (QED) is 0.846. The molecule has 1 heterocycles. The molecule has 3 heteroatoms. The number of hydrogen-bond donors (Lipinski definition) is 2. The molecule has 0 saturated heterocycles. The highest BCUT2D eigenvalue weighted by Crippen LogP contribution is 2.58. The van der Waals surface area contributed by atoms with E-state index in [2.05, 4.69) is 6.92 Å². The summed E-state index contributed by atoms with van der Waals surface area (Å²) in [6.07, 6.45) is 4.35. The molecule has 120 valence electrons. The van der Waals surface area contributed by atoms with E-state index in [-0.39, 0.29) is 11.4 Å². The van der Waals surface area contributed by atoms with Crippen LogP contribution in [0.3, 0.4) is 0 Å². The van der Waals surface area contributed by atoms with Crippen molar-refractivity contribution in [1.82, 2.24) is 0 Å². The first kappa shape index (κ1) is 14.4. The smallest absolute Gasteiger partial charge is 0.137 e. The number of phenolic OH excluding ortho intramolecular Hbond substituents is 2. The average Bonchev–Trinajstić information content (AvgIpc) is 3.06. The molecule has 0 bridgehead atoms. The van der Waals surface area contributed by atoms with Crippen molar-refractivity contribution >= 4 is 0 Å². The Labute approximate surface area is 136 Å². The van der Waals surface area contributed by atoms with E-state index in [9.17, 15) is 10.2 Å². The Bertz CT molecular complexity index is 722. The molecule has 2 aromatic carbocycles. The summed E-state index contributed by atoms with van der Waals surface area (Å²) >= 11 is 0. The molecule has 0 unspecified atom stereocenters. The number of hydrogen-bond acceptors (Lipinski definition) is 3. The Hall–Kier alpha value is -2.16. The van der Waals surface area contributed by atoms with Crippen LogP contribution in [0.2, 0.25) is 0 Å². The summed E-state index contributed by atoms with van der Waals surface area (Å²) in [6, 6.07) is 12.9. The zero-order valence-electron chi connectivity index (χ0n) is 13.3. The molecule has 0 aromatic heterocycles. The van der Waals surface area contributed by atoms with Gasteiger partial charge in [-0.15, -0.1) is 0 Å². The monoisotopic (exact) mass is 310 g/mol. The van der Waals surface area contributed by atoms with Gasteiger partial charge in [-0.05, 0) is 61.1 Å². The Morgan fingerprint density at radius 3 is 2.52 bits per heavy atom. The van der Waals surface area contributed by atoms with Crippen LogP contribution in [0.1, 0.15) is 49.7 Å². The lowest BCUT2D eigenvalue weighted by Gasteiger charge is -2.46. The first-order chi connectivity index (χ1) is 11.1. The Kier molecular flexibility index (Phi) is 3.26. The van der Waals surface area contributed by atoms with Gasteiger partial charge in [-0.2, -0.15) is 0 Å². The highest BCUT2D eigenvalue weighted by atomic mass is 16.5. The Balaban J connectivity index is 1.87. The van der Waals surface area contributed by atoms with E-state index in [0.717, 1.165) is 36.1 Å².